The highest BCUT2D eigenvalue weighted by Gasteiger charge is 2.63. The molecule has 3 rings (SSSR count). The van der Waals surface area contributed by atoms with Gasteiger partial charge in [0, 0.05) is 40.5 Å². The molecular formula is C29H38O8. The fourth-order valence-corrected chi connectivity index (χ4v) is 6.50. The van der Waals surface area contributed by atoms with Crippen LogP contribution in [0.4, 0.5) is 0 Å². The summed E-state index contributed by atoms with van der Waals surface area (Å²) in [4.78, 5) is 50.2. The number of ether oxygens (including phenoxy) is 1. The van der Waals surface area contributed by atoms with Gasteiger partial charge in [-0.1, -0.05) is 24.6 Å². The maximum atomic E-state index is 13.5. The monoisotopic (exact) mass is 514 g/mol. The number of carboxylic acids is 1. The zero-order chi connectivity index (χ0) is 27.9. The second-order valence-electron chi connectivity index (χ2n) is 11.3. The average Bonchev–Trinajstić information content (AvgIpc) is 3.12. The third-order valence-electron chi connectivity index (χ3n) is 8.36. The number of carbonyl (C=O) groups is 4. The van der Waals surface area contributed by atoms with Gasteiger partial charge in [0.15, 0.2) is 0 Å². The van der Waals surface area contributed by atoms with Crippen LogP contribution in [-0.4, -0.2) is 50.5 Å². The van der Waals surface area contributed by atoms with E-state index in [-0.39, 0.29) is 34.0 Å². The molecule has 5 atom stereocenters. The maximum absolute atomic E-state index is 13.5. The van der Waals surface area contributed by atoms with Crippen LogP contribution in [0, 0.1) is 17.3 Å². The van der Waals surface area contributed by atoms with E-state index in [9.17, 15) is 34.5 Å². The van der Waals surface area contributed by atoms with Gasteiger partial charge in [-0.25, -0.2) is 4.79 Å². The molecule has 0 bridgehead atoms. The first kappa shape index (κ1) is 28.6. The van der Waals surface area contributed by atoms with Gasteiger partial charge in [-0.15, -0.1) is 0 Å². The molecule has 3 N–H and O–H groups in total. The summed E-state index contributed by atoms with van der Waals surface area (Å²) in [5, 5.41) is 32.1. The Bertz CT molecular complexity index is 1140. The summed E-state index contributed by atoms with van der Waals surface area (Å²) >= 11 is 0. The van der Waals surface area contributed by atoms with E-state index in [1.54, 1.807) is 13.0 Å². The molecule has 0 amide bonds. The molecule has 0 spiro atoms. The number of aliphatic hydroxyl groups excluding tert-OH is 1. The summed E-state index contributed by atoms with van der Waals surface area (Å²) in [7, 11) is 0. The van der Waals surface area contributed by atoms with Crippen molar-refractivity contribution in [1.29, 1.82) is 0 Å². The van der Waals surface area contributed by atoms with Crippen molar-refractivity contribution in [3.8, 4) is 0 Å². The van der Waals surface area contributed by atoms with E-state index in [4.69, 9.17) is 4.74 Å². The Morgan fingerprint density at radius 1 is 1.08 bits per heavy atom. The zero-order valence-electron chi connectivity index (χ0n) is 22.5. The summed E-state index contributed by atoms with van der Waals surface area (Å²) in [5.74, 6) is -4.52. The highest BCUT2D eigenvalue weighted by Crippen LogP contribution is 2.62. The van der Waals surface area contributed by atoms with E-state index in [2.05, 4.69) is 0 Å². The predicted octanol–water partition coefficient (Wildman–Crippen LogP) is 4.53. The fraction of sp³-hybridized carbons (Fsp3) is 0.586. The van der Waals surface area contributed by atoms with Crippen molar-refractivity contribution in [2.45, 2.75) is 91.8 Å². The Labute approximate surface area is 217 Å². The molecule has 8 nitrogen and oxygen atoms in total. The number of fused-ring (bicyclic) bond motifs is 1. The molecule has 0 heterocycles. The smallest absolute Gasteiger partial charge is 0.331 e. The summed E-state index contributed by atoms with van der Waals surface area (Å²) in [6, 6.07) is 0. The van der Waals surface area contributed by atoms with Crippen LogP contribution in [0.15, 0.2) is 45.8 Å². The summed E-state index contributed by atoms with van der Waals surface area (Å²) in [6.45, 7) is 9.97. The van der Waals surface area contributed by atoms with Gasteiger partial charge in [-0.2, -0.15) is 0 Å². The van der Waals surface area contributed by atoms with Crippen LogP contribution in [0.2, 0.25) is 0 Å². The van der Waals surface area contributed by atoms with Gasteiger partial charge < -0.3 is 20.1 Å². The van der Waals surface area contributed by atoms with Crippen molar-refractivity contribution in [1.82, 2.24) is 0 Å². The van der Waals surface area contributed by atoms with Crippen LogP contribution in [0.1, 0.15) is 80.1 Å². The summed E-state index contributed by atoms with van der Waals surface area (Å²) < 4.78 is 5.63. The maximum Gasteiger partial charge on any atom is 0.331 e. The number of allylic oxidation sites excluding steroid dienone is 5. The van der Waals surface area contributed by atoms with E-state index < -0.39 is 46.5 Å². The lowest BCUT2D eigenvalue weighted by Crippen LogP contribution is -2.54. The van der Waals surface area contributed by atoms with Gasteiger partial charge in [0.2, 0.25) is 11.6 Å². The van der Waals surface area contributed by atoms with E-state index in [0.29, 0.717) is 38.5 Å². The number of ketones is 2. The number of aliphatic hydroxyl groups is 2. The lowest BCUT2D eigenvalue weighted by atomic mass is 9.54. The molecule has 1 saturated carbocycles. The van der Waals surface area contributed by atoms with Gasteiger partial charge in [-0.3, -0.25) is 14.4 Å². The van der Waals surface area contributed by atoms with Crippen LogP contribution in [0.5, 0.6) is 0 Å². The average molecular weight is 515 g/mol. The molecule has 0 aromatic rings. The molecule has 0 saturated heterocycles. The van der Waals surface area contributed by atoms with Crippen LogP contribution < -0.4 is 0 Å². The standard InChI is InChI=1S/C29H38O8/c1-15(2)9-7-10-18(27(34)35)11-8-13-28(5)19-12-14-29(6,36)21(19)26(37-17(4)30)20-22(28)25(33)24(32)16(3)23(20)31/h9,11,19,21,26,31,36H,7-8,10,12-14H2,1-6H3,(H,34,35)/b18-11-/t19-,21-,26-,28+,29?/m0/s1. The van der Waals surface area contributed by atoms with Gasteiger partial charge in [0.25, 0.3) is 0 Å². The van der Waals surface area contributed by atoms with E-state index in [1.807, 2.05) is 26.8 Å². The van der Waals surface area contributed by atoms with Gasteiger partial charge in [-0.05, 0) is 72.1 Å². The molecular weight excluding hydrogens is 476 g/mol. The van der Waals surface area contributed by atoms with Crippen LogP contribution >= 0.6 is 0 Å². The molecule has 1 unspecified atom stereocenters. The predicted molar refractivity (Wildman–Crippen MR) is 136 cm³/mol. The minimum absolute atomic E-state index is 0.0919. The molecule has 3 aliphatic rings. The van der Waals surface area contributed by atoms with Crippen LogP contribution in [-0.2, 0) is 23.9 Å². The zero-order valence-corrected chi connectivity index (χ0v) is 22.5. The molecule has 1 fully saturated rings. The van der Waals surface area contributed by atoms with Crippen LogP contribution in [0.25, 0.3) is 0 Å². The van der Waals surface area contributed by atoms with Crippen molar-refractivity contribution in [3.63, 3.8) is 0 Å². The SMILES string of the molecule is CC(=O)O[C@H]1C2=C(C(=O)C(=O)C(C)=C2O)[C@](C)(CC/C=C(/CCC=C(C)C)C(=O)O)[C@H]2CCC(C)(O)[C@H]12. The largest absolute Gasteiger partial charge is 0.507 e. The third kappa shape index (κ3) is 5.21. The first-order chi connectivity index (χ1) is 17.1. The minimum Gasteiger partial charge on any atom is -0.507 e. The number of rotatable bonds is 8. The van der Waals surface area contributed by atoms with Gasteiger partial charge in [0.1, 0.15) is 11.9 Å². The number of carboxylic acid groups (broad SMARTS) is 1. The Kier molecular flexibility index (Phi) is 8.03. The topological polar surface area (TPSA) is 138 Å². The Morgan fingerprint density at radius 3 is 2.30 bits per heavy atom. The van der Waals surface area contributed by atoms with E-state index in [0.717, 1.165) is 5.57 Å². The second-order valence-corrected chi connectivity index (χ2v) is 11.3. The molecule has 0 radical (unpaired) electrons. The van der Waals surface area contributed by atoms with Crippen molar-refractivity contribution in [3.05, 3.63) is 45.8 Å². The Hall–Kier alpha value is -3.00. The second kappa shape index (κ2) is 10.4. The molecule has 0 aromatic heterocycles. The molecule has 8 heteroatoms. The molecule has 0 aliphatic heterocycles. The Balaban J connectivity index is 2.12. The fourth-order valence-electron chi connectivity index (χ4n) is 6.50. The number of hydrogen-bond donors (Lipinski definition) is 3. The Morgan fingerprint density at radius 2 is 1.73 bits per heavy atom. The van der Waals surface area contributed by atoms with Gasteiger partial charge in [0.05, 0.1) is 5.60 Å². The van der Waals surface area contributed by atoms with Crippen molar-refractivity contribution in [2.24, 2.45) is 17.3 Å². The van der Waals surface area contributed by atoms with E-state index in [1.165, 1.54) is 13.8 Å². The number of Topliss-reactive ketones (excluding diaryl/α,β-unsaturated/α-hetero) is 2. The third-order valence-corrected chi connectivity index (χ3v) is 8.36. The first-order valence-corrected chi connectivity index (χ1v) is 12.8. The number of aliphatic carboxylic acids is 1. The van der Waals surface area contributed by atoms with Crippen molar-refractivity contribution in [2.75, 3.05) is 0 Å². The van der Waals surface area contributed by atoms with E-state index >= 15 is 0 Å². The lowest BCUT2D eigenvalue weighted by Gasteiger charge is -2.51. The number of esters is 1. The number of carbonyl (C=O) groups excluding carboxylic acids is 3. The van der Waals surface area contributed by atoms with Crippen molar-refractivity contribution >= 4 is 23.5 Å². The molecule has 202 valence electrons. The highest BCUT2D eigenvalue weighted by atomic mass is 16.5. The quantitative estimate of drug-likeness (QED) is 0.141. The molecule has 3 aliphatic carbocycles. The molecule has 0 aromatic carbocycles. The summed E-state index contributed by atoms with van der Waals surface area (Å²) in [6.07, 6.45) is 5.05. The van der Waals surface area contributed by atoms with Crippen LogP contribution in [0.3, 0.4) is 0 Å². The number of hydrogen-bond acceptors (Lipinski definition) is 7. The summed E-state index contributed by atoms with van der Waals surface area (Å²) in [5.41, 5.74) is -0.747. The normalized spacial score (nSPS) is 31.8. The van der Waals surface area contributed by atoms with Crippen molar-refractivity contribution < 1.29 is 39.2 Å². The molecule has 37 heavy (non-hydrogen) atoms. The lowest BCUT2D eigenvalue weighted by molar-refractivity contribution is -0.156. The highest BCUT2D eigenvalue weighted by molar-refractivity contribution is 6.50. The van der Waals surface area contributed by atoms with Gasteiger partial charge >= 0.3 is 11.9 Å². The minimum atomic E-state index is -1.24. The first-order valence-electron chi connectivity index (χ1n) is 12.8.